The minimum Gasteiger partial charge on any atom is -0.477 e. The molecule has 0 spiro atoms. The molecule has 0 saturated heterocycles. The van der Waals surface area contributed by atoms with Crippen LogP contribution in [0.1, 0.15) is 43.2 Å². The standard InChI is InChI=1S/C12H21N3O2/c1-6-8(3)15(7-2)11-10(12(16)17)9(4)13-14(11)5/h8H,6-7H2,1-5H3,(H,16,17). The van der Waals surface area contributed by atoms with Crippen molar-refractivity contribution in [3.63, 3.8) is 0 Å². The highest BCUT2D eigenvalue weighted by Gasteiger charge is 2.25. The van der Waals surface area contributed by atoms with Gasteiger partial charge in [-0.05, 0) is 27.2 Å². The number of hydrogen-bond donors (Lipinski definition) is 1. The first kappa shape index (κ1) is 13.5. The minimum atomic E-state index is -0.910. The van der Waals surface area contributed by atoms with Gasteiger partial charge in [0, 0.05) is 19.6 Å². The molecule has 0 radical (unpaired) electrons. The van der Waals surface area contributed by atoms with E-state index in [1.807, 2.05) is 6.92 Å². The number of nitrogens with zero attached hydrogens (tertiary/aromatic N) is 3. The Kier molecular flexibility index (Phi) is 4.15. The highest BCUT2D eigenvalue weighted by atomic mass is 16.4. The van der Waals surface area contributed by atoms with E-state index < -0.39 is 5.97 Å². The number of hydrogen-bond acceptors (Lipinski definition) is 3. The number of aryl methyl sites for hydroxylation is 2. The zero-order chi connectivity index (χ0) is 13.2. The Morgan fingerprint density at radius 2 is 2.12 bits per heavy atom. The van der Waals surface area contributed by atoms with E-state index in [0.717, 1.165) is 13.0 Å². The smallest absolute Gasteiger partial charge is 0.341 e. The van der Waals surface area contributed by atoms with Crippen LogP contribution in [0.25, 0.3) is 0 Å². The van der Waals surface area contributed by atoms with Crippen LogP contribution in [0.4, 0.5) is 5.82 Å². The van der Waals surface area contributed by atoms with E-state index in [9.17, 15) is 9.90 Å². The summed E-state index contributed by atoms with van der Waals surface area (Å²) in [5, 5.41) is 13.5. The SMILES string of the molecule is CCC(C)N(CC)c1c(C(=O)O)c(C)nn1C. The number of anilines is 1. The van der Waals surface area contributed by atoms with Crippen molar-refractivity contribution in [1.82, 2.24) is 9.78 Å². The van der Waals surface area contributed by atoms with E-state index in [4.69, 9.17) is 0 Å². The van der Waals surface area contributed by atoms with Crippen molar-refractivity contribution >= 4 is 11.8 Å². The maximum atomic E-state index is 11.3. The van der Waals surface area contributed by atoms with Crippen LogP contribution < -0.4 is 4.90 Å². The summed E-state index contributed by atoms with van der Waals surface area (Å²) >= 11 is 0. The molecule has 1 aromatic rings. The molecule has 0 aliphatic heterocycles. The van der Waals surface area contributed by atoms with E-state index >= 15 is 0 Å². The van der Waals surface area contributed by atoms with Crippen LogP contribution in [0.15, 0.2) is 0 Å². The summed E-state index contributed by atoms with van der Waals surface area (Å²) in [6, 6.07) is 0.299. The molecular weight excluding hydrogens is 218 g/mol. The fraction of sp³-hybridized carbons (Fsp3) is 0.667. The zero-order valence-electron chi connectivity index (χ0n) is 11.2. The van der Waals surface area contributed by atoms with Gasteiger partial charge in [0.05, 0.1) is 5.69 Å². The Balaban J connectivity index is 3.32. The largest absolute Gasteiger partial charge is 0.477 e. The molecule has 1 unspecified atom stereocenters. The second kappa shape index (κ2) is 5.21. The molecular formula is C12H21N3O2. The van der Waals surface area contributed by atoms with Crippen LogP contribution in [-0.2, 0) is 7.05 Å². The van der Waals surface area contributed by atoms with Crippen LogP contribution in [0.3, 0.4) is 0 Å². The van der Waals surface area contributed by atoms with Gasteiger partial charge in [-0.15, -0.1) is 0 Å². The van der Waals surface area contributed by atoms with Gasteiger partial charge in [0.25, 0.3) is 0 Å². The molecule has 0 saturated carbocycles. The van der Waals surface area contributed by atoms with Gasteiger partial charge < -0.3 is 10.0 Å². The Hall–Kier alpha value is -1.52. The number of aromatic nitrogens is 2. The summed E-state index contributed by atoms with van der Waals surface area (Å²) in [6.45, 7) is 8.72. The predicted molar refractivity (Wildman–Crippen MR) is 67.7 cm³/mol. The highest BCUT2D eigenvalue weighted by Crippen LogP contribution is 2.25. The van der Waals surface area contributed by atoms with Gasteiger partial charge in [-0.25, -0.2) is 4.79 Å². The van der Waals surface area contributed by atoms with Gasteiger partial charge >= 0.3 is 5.97 Å². The molecule has 1 aromatic heterocycles. The van der Waals surface area contributed by atoms with Gasteiger partial charge in [0.2, 0.25) is 0 Å². The molecule has 5 heteroatoms. The first-order valence-electron chi connectivity index (χ1n) is 5.97. The van der Waals surface area contributed by atoms with Crippen molar-refractivity contribution in [2.75, 3.05) is 11.4 Å². The second-order valence-corrected chi connectivity index (χ2v) is 4.26. The lowest BCUT2D eigenvalue weighted by atomic mass is 10.1. The Bertz CT molecular complexity index is 412. The zero-order valence-corrected chi connectivity index (χ0v) is 11.2. The molecule has 0 fully saturated rings. The van der Waals surface area contributed by atoms with E-state index in [1.54, 1.807) is 18.7 Å². The second-order valence-electron chi connectivity index (χ2n) is 4.26. The van der Waals surface area contributed by atoms with Gasteiger partial charge in [-0.1, -0.05) is 6.92 Å². The average molecular weight is 239 g/mol. The van der Waals surface area contributed by atoms with Crippen molar-refractivity contribution in [1.29, 1.82) is 0 Å². The molecule has 96 valence electrons. The predicted octanol–water partition coefficient (Wildman–Crippen LogP) is 2.05. The Labute approximate surface area is 102 Å². The molecule has 1 rings (SSSR count). The van der Waals surface area contributed by atoms with Crippen LogP contribution in [0.2, 0.25) is 0 Å². The molecule has 0 aliphatic rings. The van der Waals surface area contributed by atoms with E-state index in [1.165, 1.54) is 0 Å². The lowest BCUT2D eigenvalue weighted by molar-refractivity contribution is 0.0696. The molecule has 17 heavy (non-hydrogen) atoms. The topological polar surface area (TPSA) is 58.4 Å². The van der Waals surface area contributed by atoms with E-state index in [2.05, 4.69) is 23.8 Å². The maximum absolute atomic E-state index is 11.3. The molecule has 1 N–H and O–H groups in total. The number of carbonyl (C=O) groups is 1. The van der Waals surface area contributed by atoms with Crippen LogP contribution in [0.5, 0.6) is 0 Å². The lowest BCUT2D eigenvalue weighted by Gasteiger charge is -2.29. The minimum absolute atomic E-state index is 0.299. The van der Waals surface area contributed by atoms with Crippen LogP contribution in [-0.4, -0.2) is 33.4 Å². The highest BCUT2D eigenvalue weighted by molar-refractivity contribution is 5.94. The summed E-state index contributed by atoms with van der Waals surface area (Å²) in [7, 11) is 1.79. The molecule has 1 heterocycles. The third-order valence-electron chi connectivity index (χ3n) is 3.14. The molecule has 1 atom stereocenters. The first-order valence-corrected chi connectivity index (χ1v) is 5.97. The first-order chi connectivity index (χ1) is 7.93. The summed E-state index contributed by atoms with van der Waals surface area (Å²) in [5.41, 5.74) is 0.881. The van der Waals surface area contributed by atoms with Crippen molar-refractivity contribution in [2.45, 2.75) is 40.2 Å². The van der Waals surface area contributed by atoms with Crippen LogP contribution >= 0.6 is 0 Å². The summed E-state index contributed by atoms with van der Waals surface area (Å²) in [6.07, 6.45) is 0.969. The number of carboxylic acid groups (broad SMARTS) is 1. The number of carboxylic acids is 1. The lowest BCUT2D eigenvalue weighted by Crippen LogP contribution is -2.35. The number of aromatic carboxylic acids is 1. The number of rotatable bonds is 5. The quantitative estimate of drug-likeness (QED) is 0.854. The molecule has 5 nitrogen and oxygen atoms in total. The Morgan fingerprint density at radius 1 is 1.53 bits per heavy atom. The molecule has 0 aliphatic carbocycles. The van der Waals surface area contributed by atoms with Crippen molar-refractivity contribution in [3.8, 4) is 0 Å². The van der Waals surface area contributed by atoms with Gasteiger partial charge in [-0.2, -0.15) is 5.10 Å². The van der Waals surface area contributed by atoms with Crippen molar-refractivity contribution < 1.29 is 9.90 Å². The van der Waals surface area contributed by atoms with Gasteiger partial charge in [-0.3, -0.25) is 4.68 Å². The molecule has 0 aromatic carbocycles. The third-order valence-corrected chi connectivity index (χ3v) is 3.14. The van der Waals surface area contributed by atoms with E-state index in [-0.39, 0.29) is 0 Å². The summed E-state index contributed by atoms with van der Waals surface area (Å²) in [5.74, 6) is -0.209. The van der Waals surface area contributed by atoms with Crippen molar-refractivity contribution in [2.24, 2.45) is 7.05 Å². The van der Waals surface area contributed by atoms with Crippen LogP contribution in [0, 0.1) is 6.92 Å². The monoisotopic (exact) mass is 239 g/mol. The molecule has 0 bridgehead atoms. The van der Waals surface area contributed by atoms with Gasteiger partial charge in [0.15, 0.2) is 0 Å². The summed E-state index contributed by atoms with van der Waals surface area (Å²) < 4.78 is 1.66. The van der Waals surface area contributed by atoms with E-state index in [0.29, 0.717) is 23.1 Å². The van der Waals surface area contributed by atoms with Gasteiger partial charge in [0.1, 0.15) is 11.4 Å². The van der Waals surface area contributed by atoms with Crippen molar-refractivity contribution in [3.05, 3.63) is 11.3 Å². The Morgan fingerprint density at radius 3 is 2.53 bits per heavy atom. The maximum Gasteiger partial charge on any atom is 0.341 e. The summed E-state index contributed by atoms with van der Waals surface area (Å²) in [4.78, 5) is 13.4. The fourth-order valence-electron chi connectivity index (χ4n) is 2.12. The average Bonchev–Trinajstić information content (AvgIpc) is 2.55. The normalized spacial score (nSPS) is 12.5. The fourth-order valence-corrected chi connectivity index (χ4v) is 2.12. The molecule has 0 amide bonds. The third kappa shape index (κ3) is 2.43.